The van der Waals surface area contributed by atoms with Crippen molar-refractivity contribution in [2.75, 3.05) is 7.11 Å². The number of nitrogens with zero attached hydrogens (tertiary/aromatic N) is 3. The van der Waals surface area contributed by atoms with Gasteiger partial charge in [-0.25, -0.2) is 15.0 Å². The summed E-state index contributed by atoms with van der Waals surface area (Å²) >= 11 is 0. The van der Waals surface area contributed by atoms with E-state index in [0.29, 0.717) is 5.82 Å². The highest BCUT2D eigenvalue weighted by molar-refractivity contribution is 5.70. The third-order valence-electron chi connectivity index (χ3n) is 4.14. The molecular formula is C22H23N3O. The zero-order valence-corrected chi connectivity index (χ0v) is 15.7. The van der Waals surface area contributed by atoms with E-state index < -0.39 is 0 Å². The van der Waals surface area contributed by atoms with E-state index in [4.69, 9.17) is 14.7 Å². The van der Waals surface area contributed by atoms with E-state index in [1.165, 1.54) is 0 Å². The molecule has 4 heteroatoms. The van der Waals surface area contributed by atoms with Gasteiger partial charge < -0.3 is 4.74 Å². The molecule has 0 bridgehead atoms. The summed E-state index contributed by atoms with van der Waals surface area (Å²) in [4.78, 5) is 14.3. The standard InChI is InChI=1S/C22H23N3O/c1-5-10-18-16(6-2)21(17-12-7-8-14-20(17)26-4)25-22(24-18)19-13-9-11-15(3)23-19/h6-14H,5H2,1-4H3/b16-6+,18-10+. The fourth-order valence-corrected chi connectivity index (χ4v) is 2.95. The van der Waals surface area contributed by atoms with Crippen molar-refractivity contribution in [2.24, 2.45) is 0 Å². The SMILES string of the molecule is C/C=c1/c(-c2ccccc2OC)nc(-c2cccc(C)n2)n/c1=C/CC. The zero-order valence-electron chi connectivity index (χ0n) is 15.7. The summed E-state index contributed by atoms with van der Waals surface area (Å²) in [6.45, 7) is 6.09. The van der Waals surface area contributed by atoms with Crippen molar-refractivity contribution in [1.29, 1.82) is 0 Å². The lowest BCUT2D eigenvalue weighted by Crippen LogP contribution is -2.32. The van der Waals surface area contributed by atoms with Crippen LogP contribution < -0.4 is 15.3 Å². The number of aromatic nitrogens is 3. The molecule has 0 aliphatic rings. The number of methoxy groups -OCH3 is 1. The smallest absolute Gasteiger partial charge is 0.179 e. The third-order valence-corrected chi connectivity index (χ3v) is 4.14. The zero-order chi connectivity index (χ0) is 18.5. The molecule has 0 atom stereocenters. The largest absolute Gasteiger partial charge is 0.496 e. The van der Waals surface area contributed by atoms with Crippen LogP contribution in [0.2, 0.25) is 0 Å². The van der Waals surface area contributed by atoms with Gasteiger partial charge in [-0.15, -0.1) is 0 Å². The van der Waals surface area contributed by atoms with E-state index in [9.17, 15) is 0 Å². The maximum absolute atomic E-state index is 5.56. The Bertz CT molecular complexity index is 1040. The van der Waals surface area contributed by atoms with Crippen LogP contribution in [0.25, 0.3) is 34.9 Å². The van der Waals surface area contributed by atoms with Gasteiger partial charge in [0.05, 0.1) is 18.2 Å². The molecule has 132 valence electrons. The average molecular weight is 345 g/mol. The van der Waals surface area contributed by atoms with Crippen LogP contribution in [0.1, 0.15) is 26.0 Å². The Balaban J connectivity index is 2.38. The summed E-state index contributed by atoms with van der Waals surface area (Å²) in [5, 5.41) is 1.93. The molecule has 3 rings (SSSR count). The number of hydrogen-bond acceptors (Lipinski definition) is 4. The van der Waals surface area contributed by atoms with Crippen molar-refractivity contribution in [3.63, 3.8) is 0 Å². The molecule has 0 fully saturated rings. The molecule has 0 spiro atoms. The molecule has 26 heavy (non-hydrogen) atoms. The molecular weight excluding hydrogens is 322 g/mol. The van der Waals surface area contributed by atoms with E-state index >= 15 is 0 Å². The number of ether oxygens (including phenoxy) is 1. The van der Waals surface area contributed by atoms with E-state index in [-0.39, 0.29) is 0 Å². The monoisotopic (exact) mass is 345 g/mol. The molecule has 0 unspecified atom stereocenters. The molecule has 0 aliphatic heterocycles. The Hall–Kier alpha value is -3.01. The van der Waals surface area contributed by atoms with Gasteiger partial charge in [0.1, 0.15) is 11.4 Å². The van der Waals surface area contributed by atoms with Gasteiger partial charge in [-0.3, -0.25) is 0 Å². The maximum Gasteiger partial charge on any atom is 0.179 e. The van der Waals surface area contributed by atoms with Crippen LogP contribution in [0.5, 0.6) is 5.75 Å². The van der Waals surface area contributed by atoms with Gasteiger partial charge in [-0.1, -0.05) is 37.3 Å². The van der Waals surface area contributed by atoms with Gasteiger partial charge >= 0.3 is 0 Å². The Morgan fingerprint density at radius 1 is 1.00 bits per heavy atom. The first-order chi connectivity index (χ1) is 12.7. The molecule has 0 saturated heterocycles. The predicted molar refractivity (Wildman–Crippen MR) is 106 cm³/mol. The van der Waals surface area contributed by atoms with Crippen LogP contribution >= 0.6 is 0 Å². The van der Waals surface area contributed by atoms with Crippen LogP contribution in [0.15, 0.2) is 42.5 Å². The summed E-state index contributed by atoms with van der Waals surface area (Å²) in [7, 11) is 1.68. The van der Waals surface area contributed by atoms with Crippen LogP contribution in [-0.2, 0) is 0 Å². The van der Waals surface area contributed by atoms with E-state index in [1.54, 1.807) is 7.11 Å². The molecule has 0 radical (unpaired) electrons. The lowest BCUT2D eigenvalue weighted by atomic mass is 10.1. The van der Waals surface area contributed by atoms with Crippen molar-refractivity contribution in [2.45, 2.75) is 27.2 Å². The van der Waals surface area contributed by atoms with Crippen LogP contribution in [0.3, 0.4) is 0 Å². The first kappa shape index (κ1) is 17.8. The Kier molecular flexibility index (Phi) is 5.42. The van der Waals surface area contributed by atoms with Gasteiger partial charge in [0.2, 0.25) is 0 Å². The first-order valence-corrected chi connectivity index (χ1v) is 8.80. The highest BCUT2D eigenvalue weighted by Crippen LogP contribution is 2.26. The van der Waals surface area contributed by atoms with Crippen LogP contribution in [0.4, 0.5) is 0 Å². The van der Waals surface area contributed by atoms with Gasteiger partial charge in [-0.2, -0.15) is 0 Å². The lowest BCUT2D eigenvalue weighted by molar-refractivity contribution is 0.416. The van der Waals surface area contributed by atoms with Gasteiger partial charge in [-0.05, 0) is 44.5 Å². The van der Waals surface area contributed by atoms with Gasteiger partial charge in [0.15, 0.2) is 5.82 Å². The van der Waals surface area contributed by atoms with Crippen molar-refractivity contribution in [1.82, 2.24) is 15.0 Å². The Labute approximate surface area is 153 Å². The average Bonchev–Trinajstić information content (AvgIpc) is 2.67. The maximum atomic E-state index is 5.56. The molecule has 2 aromatic heterocycles. The number of para-hydroxylation sites is 1. The third kappa shape index (κ3) is 3.49. The minimum atomic E-state index is 0.625. The normalized spacial score (nSPS) is 12.5. The second-order valence-electron chi connectivity index (χ2n) is 5.96. The van der Waals surface area contributed by atoms with Crippen molar-refractivity contribution >= 4 is 12.2 Å². The van der Waals surface area contributed by atoms with E-state index in [2.05, 4.69) is 24.1 Å². The molecule has 0 aliphatic carbocycles. The Morgan fingerprint density at radius 3 is 2.50 bits per heavy atom. The van der Waals surface area contributed by atoms with Crippen molar-refractivity contribution in [3.8, 4) is 28.5 Å². The van der Waals surface area contributed by atoms with Gasteiger partial charge in [0, 0.05) is 16.5 Å². The van der Waals surface area contributed by atoms with Crippen molar-refractivity contribution < 1.29 is 4.74 Å². The minimum absolute atomic E-state index is 0.625. The fourth-order valence-electron chi connectivity index (χ4n) is 2.95. The molecule has 3 aromatic rings. The number of rotatable bonds is 4. The van der Waals surface area contributed by atoms with Gasteiger partial charge in [0.25, 0.3) is 0 Å². The molecule has 0 N–H and O–H groups in total. The summed E-state index contributed by atoms with van der Waals surface area (Å²) in [5.41, 5.74) is 3.52. The number of benzene rings is 1. The predicted octanol–water partition coefficient (Wildman–Crippen LogP) is 3.51. The summed E-state index contributed by atoms with van der Waals surface area (Å²) in [6, 6.07) is 13.8. The summed E-state index contributed by atoms with van der Waals surface area (Å²) < 4.78 is 5.56. The quantitative estimate of drug-likeness (QED) is 0.726. The number of hydrogen-bond donors (Lipinski definition) is 0. The first-order valence-electron chi connectivity index (χ1n) is 8.80. The second-order valence-corrected chi connectivity index (χ2v) is 5.96. The summed E-state index contributed by atoms with van der Waals surface area (Å²) in [5.74, 6) is 1.42. The highest BCUT2D eigenvalue weighted by atomic mass is 16.5. The Morgan fingerprint density at radius 2 is 1.81 bits per heavy atom. The highest BCUT2D eigenvalue weighted by Gasteiger charge is 2.13. The summed E-state index contributed by atoms with van der Waals surface area (Å²) in [6.07, 6.45) is 5.07. The second kappa shape index (κ2) is 7.91. The van der Waals surface area contributed by atoms with Crippen LogP contribution in [0, 0.1) is 6.92 Å². The molecule has 0 saturated carbocycles. The topological polar surface area (TPSA) is 47.9 Å². The fraction of sp³-hybridized carbons (Fsp3) is 0.227. The molecule has 4 nitrogen and oxygen atoms in total. The number of pyridine rings is 1. The molecule has 1 aromatic carbocycles. The number of aryl methyl sites for hydroxylation is 1. The molecule has 0 amide bonds. The lowest BCUT2D eigenvalue weighted by Gasteiger charge is -2.10. The molecule has 2 heterocycles. The minimum Gasteiger partial charge on any atom is -0.496 e. The van der Waals surface area contributed by atoms with E-state index in [1.807, 2.05) is 56.3 Å². The van der Waals surface area contributed by atoms with E-state index in [0.717, 1.165) is 45.4 Å². The van der Waals surface area contributed by atoms with Crippen molar-refractivity contribution in [3.05, 3.63) is 58.7 Å². The van der Waals surface area contributed by atoms with Crippen LogP contribution in [-0.4, -0.2) is 22.1 Å².